The molecule has 1 aliphatic heterocycles. The molecule has 4 N–H and O–H groups in total. The average molecular weight is 529 g/mol. The number of hydrogen-bond acceptors (Lipinski definition) is 6. The van der Waals surface area contributed by atoms with Gasteiger partial charge in [0.15, 0.2) is 6.17 Å². The number of nitrogens with two attached hydrogens (primary N) is 1. The van der Waals surface area contributed by atoms with Gasteiger partial charge < -0.3 is 21.1 Å². The molecular formula is C32H40N4O3. The van der Waals surface area contributed by atoms with Gasteiger partial charge in [-0.05, 0) is 75.9 Å². The van der Waals surface area contributed by atoms with Crippen LogP contribution in [0.2, 0.25) is 0 Å². The van der Waals surface area contributed by atoms with Gasteiger partial charge in [0.05, 0.1) is 11.6 Å². The zero-order valence-electron chi connectivity index (χ0n) is 23.1. The number of likely N-dealkylation sites (tertiary alicyclic amines) is 1. The molecular weight excluding hydrogens is 488 g/mol. The second-order valence-corrected chi connectivity index (χ2v) is 11.1. The van der Waals surface area contributed by atoms with Crippen LogP contribution in [0.25, 0.3) is 0 Å². The highest BCUT2D eigenvalue weighted by molar-refractivity contribution is 6.00. The van der Waals surface area contributed by atoms with Gasteiger partial charge in [0.1, 0.15) is 5.60 Å². The average Bonchev–Trinajstić information content (AvgIpc) is 2.93. The van der Waals surface area contributed by atoms with Gasteiger partial charge in [0, 0.05) is 12.2 Å². The molecule has 1 atom stereocenters. The lowest BCUT2D eigenvalue weighted by atomic mass is 9.91. The van der Waals surface area contributed by atoms with Crippen LogP contribution in [0.15, 0.2) is 84.9 Å². The van der Waals surface area contributed by atoms with Crippen molar-refractivity contribution < 1.29 is 14.3 Å². The number of ether oxygens (including phenoxy) is 1. The Labute approximate surface area is 231 Å². The summed E-state index contributed by atoms with van der Waals surface area (Å²) in [5.41, 5.74) is 8.90. The van der Waals surface area contributed by atoms with Crippen molar-refractivity contribution in [2.75, 3.05) is 25.0 Å². The van der Waals surface area contributed by atoms with Crippen molar-refractivity contribution in [3.63, 3.8) is 0 Å². The summed E-state index contributed by atoms with van der Waals surface area (Å²) in [6.07, 6.45) is 0.921. The van der Waals surface area contributed by atoms with Gasteiger partial charge in [0.25, 0.3) is 5.91 Å². The molecule has 1 saturated heterocycles. The fourth-order valence-corrected chi connectivity index (χ4v) is 5.03. The summed E-state index contributed by atoms with van der Waals surface area (Å²) in [7, 11) is 0. The monoisotopic (exact) mass is 528 g/mol. The number of esters is 1. The van der Waals surface area contributed by atoms with Crippen molar-refractivity contribution >= 4 is 17.6 Å². The fourth-order valence-electron chi connectivity index (χ4n) is 5.03. The summed E-state index contributed by atoms with van der Waals surface area (Å²) in [6, 6.07) is 28.6. The van der Waals surface area contributed by atoms with Crippen LogP contribution >= 0.6 is 0 Å². The highest BCUT2D eigenvalue weighted by Gasteiger charge is 2.28. The van der Waals surface area contributed by atoms with E-state index in [1.165, 1.54) is 11.1 Å². The van der Waals surface area contributed by atoms with Gasteiger partial charge >= 0.3 is 5.97 Å². The number of benzene rings is 3. The molecule has 0 spiro atoms. The summed E-state index contributed by atoms with van der Waals surface area (Å²) < 4.78 is 5.35. The molecule has 0 aliphatic carbocycles. The number of anilines is 1. The van der Waals surface area contributed by atoms with Gasteiger partial charge in [-0.15, -0.1) is 0 Å². The molecule has 3 aromatic rings. The molecule has 1 aliphatic rings. The van der Waals surface area contributed by atoms with E-state index < -0.39 is 17.7 Å². The van der Waals surface area contributed by atoms with E-state index in [1.54, 1.807) is 45.0 Å². The van der Waals surface area contributed by atoms with Crippen molar-refractivity contribution in [1.29, 1.82) is 0 Å². The zero-order valence-corrected chi connectivity index (χ0v) is 23.1. The van der Waals surface area contributed by atoms with Crippen LogP contribution in [0.1, 0.15) is 61.1 Å². The highest BCUT2D eigenvalue weighted by atomic mass is 16.6. The van der Waals surface area contributed by atoms with E-state index >= 15 is 0 Å². The summed E-state index contributed by atoms with van der Waals surface area (Å²) in [4.78, 5) is 28.0. The van der Waals surface area contributed by atoms with Crippen molar-refractivity contribution in [2.24, 2.45) is 11.7 Å². The SMILES string of the molecule is CC(C)(C)OC(=O)C(N)Nc1ccccc1C(=O)NCC1CCN(C(c2ccccc2)c2ccccc2)CC1. The number of nitrogens with zero attached hydrogens (tertiary/aromatic N) is 1. The maximum atomic E-state index is 13.1. The molecule has 3 aromatic carbocycles. The van der Waals surface area contributed by atoms with Crippen LogP contribution < -0.4 is 16.4 Å². The van der Waals surface area contributed by atoms with Crippen LogP contribution in [0.3, 0.4) is 0 Å². The molecule has 1 heterocycles. The second-order valence-electron chi connectivity index (χ2n) is 11.1. The summed E-state index contributed by atoms with van der Waals surface area (Å²) in [6.45, 7) is 7.86. The predicted octanol–water partition coefficient (Wildman–Crippen LogP) is 4.96. The van der Waals surface area contributed by atoms with Crippen LogP contribution in [-0.4, -0.2) is 48.2 Å². The Morgan fingerprint density at radius 1 is 0.897 bits per heavy atom. The molecule has 1 unspecified atom stereocenters. The first kappa shape index (κ1) is 28.3. The lowest BCUT2D eigenvalue weighted by Crippen LogP contribution is -2.43. The number of piperidine rings is 1. The normalized spacial score (nSPS) is 15.5. The standard InChI is InChI=1S/C32H40N4O3/c1-32(2,3)39-31(38)29(33)35-27-17-11-10-16-26(27)30(37)34-22-23-18-20-36(21-19-23)28(24-12-6-4-7-13-24)25-14-8-5-9-15-25/h4-17,23,28-29,35H,18-22,33H2,1-3H3,(H,34,37). The molecule has 0 radical (unpaired) electrons. The molecule has 1 amide bonds. The number of nitrogens with one attached hydrogen (secondary N) is 2. The number of para-hydroxylation sites is 1. The van der Waals surface area contributed by atoms with E-state index in [0.717, 1.165) is 25.9 Å². The van der Waals surface area contributed by atoms with Gasteiger partial charge in [-0.2, -0.15) is 0 Å². The van der Waals surface area contributed by atoms with Crippen LogP contribution in [0.4, 0.5) is 5.69 Å². The zero-order chi connectivity index (χ0) is 27.8. The Kier molecular flexibility index (Phi) is 9.38. The first-order valence-corrected chi connectivity index (χ1v) is 13.7. The number of rotatable bonds is 9. The lowest BCUT2D eigenvalue weighted by Gasteiger charge is -2.38. The molecule has 39 heavy (non-hydrogen) atoms. The quantitative estimate of drug-likeness (QED) is 0.268. The van der Waals surface area contributed by atoms with E-state index in [2.05, 4.69) is 76.2 Å². The number of amides is 1. The molecule has 1 fully saturated rings. The maximum Gasteiger partial charge on any atom is 0.344 e. The molecule has 0 saturated carbocycles. The first-order chi connectivity index (χ1) is 18.7. The predicted molar refractivity (Wildman–Crippen MR) is 155 cm³/mol. The van der Waals surface area contributed by atoms with E-state index in [1.807, 2.05) is 0 Å². The Morgan fingerprint density at radius 3 is 2.00 bits per heavy atom. The van der Waals surface area contributed by atoms with Crippen LogP contribution in [0, 0.1) is 5.92 Å². The first-order valence-electron chi connectivity index (χ1n) is 13.7. The van der Waals surface area contributed by atoms with Gasteiger partial charge in [-0.3, -0.25) is 9.69 Å². The van der Waals surface area contributed by atoms with Gasteiger partial charge in [0.2, 0.25) is 0 Å². The minimum atomic E-state index is -1.08. The van der Waals surface area contributed by atoms with E-state index in [9.17, 15) is 9.59 Å². The summed E-state index contributed by atoms with van der Waals surface area (Å²) >= 11 is 0. The largest absolute Gasteiger partial charge is 0.457 e. The van der Waals surface area contributed by atoms with Crippen molar-refractivity contribution in [3.05, 3.63) is 102 Å². The van der Waals surface area contributed by atoms with Crippen LogP contribution in [0.5, 0.6) is 0 Å². The second kappa shape index (κ2) is 12.9. The summed E-state index contributed by atoms with van der Waals surface area (Å²) in [5.74, 6) is -0.376. The minimum absolute atomic E-state index is 0.191. The van der Waals surface area contributed by atoms with E-state index in [0.29, 0.717) is 23.7 Å². The molecule has 4 rings (SSSR count). The van der Waals surface area contributed by atoms with Gasteiger partial charge in [-0.25, -0.2) is 4.79 Å². The third-order valence-corrected chi connectivity index (χ3v) is 6.94. The molecule has 206 valence electrons. The Bertz CT molecular complexity index is 1180. The molecule has 0 bridgehead atoms. The highest BCUT2D eigenvalue weighted by Crippen LogP contribution is 2.32. The van der Waals surface area contributed by atoms with Crippen molar-refractivity contribution in [3.8, 4) is 0 Å². The Morgan fingerprint density at radius 2 is 1.44 bits per heavy atom. The van der Waals surface area contributed by atoms with E-state index in [4.69, 9.17) is 10.5 Å². The van der Waals surface area contributed by atoms with Crippen molar-refractivity contribution in [2.45, 2.75) is 51.4 Å². The number of hydrogen-bond donors (Lipinski definition) is 3. The van der Waals surface area contributed by atoms with Crippen molar-refractivity contribution in [1.82, 2.24) is 10.2 Å². The number of carbonyl (C=O) groups is 2. The third-order valence-electron chi connectivity index (χ3n) is 6.94. The topological polar surface area (TPSA) is 96.7 Å². The smallest absolute Gasteiger partial charge is 0.344 e. The van der Waals surface area contributed by atoms with E-state index in [-0.39, 0.29) is 11.9 Å². The molecule has 7 heteroatoms. The Balaban J connectivity index is 1.34. The number of carbonyl (C=O) groups excluding carboxylic acids is 2. The third kappa shape index (κ3) is 7.91. The molecule has 0 aromatic heterocycles. The van der Waals surface area contributed by atoms with Crippen LogP contribution in [-0.2, 0) is 9.53 Å². The Hall–Kier alpha value is -3.68. The maximum absolute atomic E-state index is 13.1. The molecule has 7 nitrogen and oxygen atoms in total. The minimum Gasteiger partial charge on any atom is -0.457 e. The van der Waals surface area contributed by atoms with Gasteiger partial charge in [-0.1, -0.05) is 72.8 Å². The lowest BCUT2D eigenvalue weighted by molar-refractivity contribution is -0.155. The summed E-state index contributed by atoms with van der Waals surface area (Å²) in [5, 5.41) is 6.04. The fraction of sp³-hybridized carbons (Fsp3) is 0.375.